The van der Waals surface area contributed by atoms with E-state index in [1.807, 2.05) is 61.5 Å². The number of nitrogens with one attached hydrogen (secondary N) is 1. The maximum Gasteiger partial charge on any atom is 0.272 e. The number of carbonyl (C=O) groups is 1. The third-order valence-electron chi connectivity index (χ3n) is 4.55. The van der Waals surface area contributed by atoms with Crippen molar-refractivity contribution in [1.29, 1.82) is 0 Å². The largest absolute Gasteiger partial charge is 0.497 e. The third kappa shape index (κ3) is 5.04. The van der Waals surface area contributed by atoms with Crippen LogP contribution in [0.2, 0.25) is 0 Å². The van der Waals surface area contributed by atoms with E-state index in [0.717, 1.165) is 16.9 Å². The summed E-state index contributed by atoms with van der Waals surface area (Å²) in [7, 11) is 3.22. The molecule has 0 aliphatic carbocycles. The summed E-state index contributed by atoms with van der Waals surface area (Å²) in [5.41, 5.74) is 3.00. The summed E-state index contributed by atoms with van der Waals surface area (Å²) in [6.45, 7) is 3.13. The Hall–Kier alpha value is -3.54. The van der Waals surface area contributed by atoms with Crippen LogP contribution < -0.4 is 14.8 Å². The number of ether oxygens (including phenoxy) is 2. The smallest absolute Gasteiger partial charge is 0.272 e. The molecule has 2 aromatic carbocycles. The molecule has 0 unspecified atom stereocenters. The minimum atomic E-state index is -0.0955. The van der Waals surface area contributed by atoms with E-state index in [0.29, 0.717) is 30.3 Å². The number of benzene rings is 2. The van der Waals surface area contributed by atoms with Gasteiger partial charge in [0.2, 0.25) is 0 Å². The standard InChI is InChI=1S/C23H25N3O3/c1-4-26(16-17-8-6-5-7-9-17)23(27)20-12-10-18(15-24-20)25-21-14-19(28-2)11-13-22(21)29-3/h5-15,25H,4,16H2,1-3H3. The summed E-state index contributed by atoms with van der Waals surface area (Å²) in [6, 6.07) is 19.0. The van der Waals surface area contributed by atoms with Crippen molar-refractivity contribution in [1.82, 2.24) is 9.88 Å². The quantitative estimate of drug-likeness (QED) is 0.612. The minimum absolute atomic E-state index is 0.0955. The molecule has 1 N–H and O–H groups in total. The van der Waals surface area contributed by atoms with E-state index >= 15 is 0 Å². The molecule has 6 nitrogen and oxygen atoms in total. The zero-order chi connectivity index (χ0) is 20.6. The number of hydrogen-bond acceptors (Lipinski definition) is 5. The van der Waals surface area contributed by atoms with Crippen LogP contribution in [0.3, 0.4) is 0 Å². The lowest BCUT2D eigenvalue weighted by atomic mass is 10.2. The van der Waals surface area contributed by atoms with Crippen LogP contribution in [-0.4, -0.2) is 36.6 Å². The number of rotatable bonds is 8. The zero-order valence-electron chi connectivity index (χ0n) is 16.9. The van der Waals surface area contributed by atoms with Gasteiger partial charge in [-0.05, 0) is 36.8 Å². The SMILES string of the molecule is CCN(Cc1ccccc1)C(=O)c1ccc(Nc2cc(OC)ccc2OC)cn1. The number of nitrogens with zero attached hydrogens (tertiary/aromatic N) is 2. The number of methoxy groups -OCH3 is 2. The molecule has 1 aromatic heterocycles. The van der Waals surface area contributed by atoms with Crippen LogP contribution in [-0.2, 0) is 6.54 Å². The van der Waals surface area contributed by atoms with Gasteiger partial charge in [0.15, 0.2) is 0 Å². The maximum atomic E-state index is 12.8. The highest BCUT2D eigenvalue weighted by molar-refractivity contribution is 5.92. The van der Waals surface area contributed by atoms with Gasteiger partial charge in [-0.3, -0.25) is 4.79 Å². The van der Waals surface area contributed by atoms with Gasteiger partial charge in [-0.1, -0.05) is 30.3 Å². The molecule has 0 radical (unpaired) electrons. The highest BCUT2D eigenvalue weighted by Crippen LogP contribution is 2.31. The molecular weight excluding hydrogens is 366 g/mol. The van der Waals surface area contributed by atoms with E-state index < -0.39 is 0 Å². The number of anilines is 2. The van der Waals surface area contributed by atoms with Gasteiger partial charge in [-0.2, -0.15) is 0 Å². The fourth-order valence-electron chi connectivity index (χ4n) is 2.95. The number of carbonyl (C=O) groups excluding carboxylic acids is 1. The summed E-state index contributed by atoms with van der Waals surface area (Å²) < 4.78 is 10.7. The van der Waals surface area contributed by atoms with Crippen LogP contribution in [0.1, 0.15) is 23.0 Å². The first-order valence-electron chi connectivity index (χ1n) is 9.43. The molecule has 0 spiro atoms. The van der Waals surface area contributed by atoms with Gasteiger partial charge in [0, 0.05) is 19.2 Å². The van der Waals surface area contributed by atoms with Gasteiger partial charge in [0.05, 0.1) is 31.8 Å². The van der Waals surface area contributed by atoms with Crippen LogP contribution in [0, 0.1) is 0 Å². The first-order chi connectivity index (χ1) is 14.1. The van der Waals surface area contributed by atoms with Gasteiger partial charge in [-0.15, -0.1) is 0 Å². The zero-order valence-corrected chi connectivity index (χ0v) is 16.9. The predicted molar refractivity (Wildman–Crippen MR) is 114 cm³/mol. The molecule has 6 heteroatoms. The molecule has 1 heterocycles. The van der Waals surface area contributed by atoms with Crippen molar-refractivity contribution in [2.24, 2.45) is 0 Å². The molecule has 0 bridgehead atoms. The monoisotopic (exact) mass is 391 g/mol. The first kappa shape index (κ1) is 20.2. The normalized spacial score (nSPS) is 10.3. The van der Waals surface area contributed by atoms with E-state index in [2.05, 4.69) is 10.3 Å². The minimum Gasteiger partial charge on any atom is -0.497 e. The molecule has 29 heavy (non-hydrogen) atoms. The molecule has 0 fully saturated rings. The molecule has 0 saturated carbocycles. The molecule has 3 rings (SSSR count). The molecule has 0 atom stereocenters. The van der Waals surface area contributed by atoms with Crippen molar-refractivity contribution >= 4 is 17.3 Å². The fraction of sp³-hybridized carbons (Fsp3) is 0.217. The van der Waals surface area contributed by atoms with E-state index in [4.69, 9.17) is 9.47 Å². The van der Waals surface area contributed by atoms with Gasteiger partial charge in [0.25, 0.3) is 5.91 Å². The van der Waals surface area contributed by atoms with E-state index in [1.54, 1.807) is 31.4 Å². The van der Waals surface area contributed by atoms with Crippen LogP contribution >= 0.6 is 0 Å². The first-order valence-corrected chi connectivity index (χ1v) is 9.43. The van der Waals surface area contributed by atoms with Crippen molar-refractivity contribution in [2.45, 2.75) is 13.5 Å². The van der Waals surface area contributed by atoms with Crippen molar-refractivity contribution in [3.05, 3.63) is 78.1 Å². The fourth-order valence-corrected chi connectivity index (χ4v) is 2.95. The highest BCUT2D eigenvalue weighted by atomic mass is 16.5. The number of hydrogen-bond donors (Lipinski definition) is 1. The van der Waals surface area contributed by atoms with Crippen LogP contribution in [0.5, 0.6) is 11.5 Å². The van der Waals surface area contributed by atoms with Crippen LogP contribution in [0.15, 0.2) is 66.9 Å². The van der Waals surface area contributed by atoms with E-state index in [-0.39, 0.29) is 5.91 Å². The molecule has 0 aliphatic rings. The molecule has 150 valence electrons. The lowest BCUT2D eigenvalue weighted by Gasteiger charge is -2.20. The van der Waals surface area contributed by atoms with Gasteiger partial charge < -0.3 is 19.7 Å². The molecule has 3 aromatic rings. The average molecular weight is 391 g/mol. The lowest BCUT2D eigenvalue weighted by molar-refractivity contribution is 0.0746. The Morgan fingerprint density at radius 2 is 1.83 bits per heavy atom. The molecule has 1 amide bonds. The molecule has 0 saturated heterocycles. The number of pyridine rings is 1. The maximum absolute atomic E-state index is 12.8. The summed E-state index contributed by atoms with van der Waals surface area (Å²) in [6.07, 6.45) is 1.64. The Balaban J connectivity index is 1.73. The summed E-state index contributed by atoms with van der Waals surface area (Å²) >= 11 is 0. The Morgan fingerprint density at radius 3 is 2.45 bits per heavy atom. The summed E-state index contributed by atoms with van der Waals surface area (Å²) in [5, 5.41) is 3.25. The topological polar surface area (TPSA) is 63.7 Å². The van der Waals surface area contributed by atoms with Gasteiger partial charge in [-0.25, -0.2) is 4.98 Å². The Kier molecular flexibility index (Phi) is 6.68. The Labute approximate surface area is 171 Å². The highest BCUT2D eigenvalue weighted by Gasteiger charge is 2.16. The Morgan fingerprint density at radius 1 is 1.03 bits per heavy atom. The number of amides is 1. The van der Waals surface area contributed by atoms with Crippen molar-refractivity contribution < 1.29 is 14.3 Å². The van der Waals surface area contributed by atoms with Crippen LogP contribution in [0.25, 0.3) is 0 Å². The summed E-state index contributed by atoms with van der Waals surface area (Å²) in [4.78, 5) is 19.0. The molecule has 0 aliphatic heterocycles. The lowest BCUT2D eigenvalue weighted by Crippen LogP contribution is -2.30. The summed E-state index contributed by atoms with van der Waals surface area (Å²) in [5.74, 6) is 1.31. The third-order valence-corrected chi connectivity index (χ3v) is 4.55. The number of aromatic nitrogens is 1. The molecular formula is C23H25N3O3. The van der Waals surface area contributed by atoms with Crippen LogP contribution in [0.4, 0.5) is 11.4 Å². The predicted octanol–water partition coefficient (Wildman–Crippen LogP) is 4.50. The second-order valence-electron chi connectivity index (χ2n) is 6.43. The second-order valence-corrected chi connectivity index (χ2v) is 6.43. The average Bonchev–Trinajstić information content (AvgIpc) is 2.78. The second kappa shape index (κ2) is 9.59. The van der Waals surface area contributed by atoms with Gasteiger partial charge >= 0.3 is 0 Å². The van der Waals surface area contributed by atoms with E-state index in [9.17, 15) is 4.79 Å². The van der Waals surface area contributed by atoms with Crippen molar-refractivity contribution in [3.8, 4) is 11.5 Å². The van der Waals surface area contributed by atoms with E-state index in [1.165, 1.54) is 0 Å². The van der Waals surface area contributed by atoms with Crippen molar-refractivity contribution in [3.63, 3.8) is 0 Å². The Bertz CT molecular complexity index is 943. The van der Waals surface area contributed by atoms with Gasteiger partial charge in [0.1, 0.15) is 17.2 Å². The van der Waals surface area contributed by atoms with Crippen molar-refractivity contribution in [2.75, 3.05) is 26.1 Å².